The van der Waals surface area contributed by atoms with Crippen LogP contribution in [0.5, 0.6) is 0 Å². The van der Waals surface area contributed by atoms with Crippen molar-refractivity contribution in [1.82, 2.24) is 9.62 Å². The lowest BCUT2D eigenvalue weighted by Crippen LogP contribution is -2.27. The molecule has 0 bridgehead atoms. The number of benzene rings is 2. The molecule has 0 saturated carbocycles. The predicted octanol–water partition coefficient (Wildman–Crippen LogP) is 3.80. The lowest BCUT2D eigenvalue weighted by molar-refractivity contribution is 0.535. The molecular weight excluding hydrogens is 328 g/mol. The lowest BCUT2D eigenvalue weighted by atomic mass is 10.0. The minimum Gasteiger partial charge on any atom is -0.316 e. The monoisotopic (exact) mass is 345 g/mol. The first kappa shape index (κ1) is 16.9. The molecule has 24 heavy (non-hydrogen) atoms. The van der Waals surface area contributed by atoms with E-state index in [1.807, 2.05) is 17.4 Å². The summed E-state index contributed by atoms with van der Waals surface area (Å²) in [4.78, 5) is 0.293. The van der Waals surface area contributed by atoms with Crippen LogP contribution in [0.25, 0.3) is 11.1 Å². The zero-order valence-electron chi connectivity index (χ0n) is 13.2. The van der Waals surface area contributed by atoms with Crippen LogP contribution >= 0.6 is 11.9 Å². The number of hydrogen-bond acceptors (Lipinski definition) is 4. The summed E-state index contributed by atoms with van der Waals surface area (Å²) in [5.41, 5.74) is 1.24. The Balaban J connectivity index is 1.82. The van der Waals surface area contributed by atoms with Crippen molar-refractivity contribution in [2.24, 2.45) is 0 Å². The minimum absolute atomic E-state index is 0.205. The van der Waals surface area contributed by atoms with Crippen molar-refractivity contribution in [3.63, 3.8) is 0 Å². The van der Waals surface area contributed by atoms with Crippen LogP contribution < -0.4 is 5.32 Å². The van der Waals surface area contributed by atoms with Gasteiger partial charge in [0.2, 0.25) is 0 Å². The second-order valence-corrected chi connectivity index (χ2v) is 6.84. The molecular formula is C18H17F2N3S. The van der Waals surface area contributed by atoms with E-state index in [9.17, 15) is 8.78 Å². The normalized spacial score (nSPS) is 17.8. The van der Waals surface area contributed by atoms with E-state index in [4.69, 9.17) is 5.26 Å². The van der Waals surface area contributed by atoms with Crippen molar-refractivity contribution in [2.75, 3.05) is 20.1 Å². The van der Waals surface area contributed by atoms with Crippen molar-refractivity contribution in [3.8, 4) is 17.2 Å². The Morgan fingerprint density at radius 2 is 1.96 bits per heavy atom. The third-order valence-corrected chi connectivity index (χ3v) is 5.23. The fraction of sp³-hybridized carbons (Fsp3) is 0.278. The molecule has 0 amide bonds. The number of nitrogens with zero attached hydrogens (tertiary/aromatic N) is 2. The number of nitriles is 1. The van der Waals surface area contributed by atoms with Crippen LogP contribution in [0.15, 0.2) is 41.3 Å². The van der Waals surface area contributed by atoms with Gasteiger partial charge >= 0.3 is 0 Å². The molecule has 2 aromatic rings. The first-order chi connectivity index (χ1) is 11.6. The van der Waals surface area contributed by atoms with E-state index in [2.05, 4.69) is 5.32 Å². The van der Waals surface area contributed by atoms with Gasteiger partial charge in [-0.1, -0.05) is 12.1 Å². The van der Waals surface area contributed by atoms with Crippen molar-refractivity contribution >= 4 is 11.9 Å². The molecule has 1 unspecified atom stereocenters. The maximum absolute atomic E-state index is 14.4. The largest absolute Gasteiger partial charge is 0.316 e. The molecule has 0 radical (unpaired) electrons. The Hall–Kier alpha value is -1.94. The first-order valence-corrected chi connectivity index (χ1v) is 8.48. The summed E-state index contributed by atoms with van der Waals surface area (Å²) in [6, 6.07) is 11.3. The SMILES string of the molecule is CNC1CCN(Sc2cc(F)c(-c3ccc(C#N)cc3)cc2F)C1. The van der Waals surface area contributed by atoms with Gasteiger partial charge in [-0.3, -0.25) is 0 Å². The summed E-state index contributed by atoms with van der Waals surface area (Å²) >= 11 is 1.26. The van der Waals surface area contributed by atoms with Crippen molar-refractivity contribution in [3.05, 3.63) is 53.6 Å². The smallest absolute Gasteiger partial charge is 0.138 e. The van der Waals surface area contributed by atoms with Crippen molar-refractivity contribution < 1.29 is 8.78 Å². The van der Waals surface area contributed by atoms with Gasteiger partial charge in [-0.15, -0.1) is 0 Å². The fourth-order valence-electron chi connectivity index (χ4n) is 2.73. The van der Waals surface area contributed by atoms with Crippen LogP contribution in [0.3, 0.4) is 0 Å². The molecule has 1 N–H and O–H groups in total. The number of halogens is 2. The molecule has 3 nitrogen and oxygen atoms in total. The number of nitrogens with one attached hydrogen (secondary N) is 1. The maximum atomic E-state index is 14.4. The highest BCUT2D eigenvalue weighted by Gasteiger charge is 2.23. The molecule has 1 heterocycles. The third kappa shape index (κ3) is 3.59. The van der Waals surface area contributed by atoms with Gasteiger partial charge in [0.05, 0.1) is 16.5 Å². The van der Waals surface area contributed by atoms with Crippen LogP contribution in [0.4, 0.5) is 8.78 Å². The molecule has 0 aliphatic carbocycles. The van der Waals surface area contributed by atoms with Crippen molar-refractivity contribution in [1.29, 1.82) is 5.26 Å². The quantitative estimate of drug-likeness (QED) is 0.856. The van der Waals surface area contributed by atoms with E-state index in [1.165, 1.54) is 24.1 Å². The average Bonchev–Trinajstić information content (AvgIpc) is 3.05. The first-order valence-electron chi connectivity index (χ1n) is 7.70. The molecule has 1 saturated heterocycles. The van der Waals surface area contributed by atoms with E-state index in [0.717, 1.165) is 19.5 Å². The second kappa shape index (κ2) is 7.31. The number of likely N-dealkylation sites (N-methyl/N-ethyl adjacent to an activating group) is 1. The average molecular weight is 345 g/mol. The maximum Gasteiger partial charge on any atom is 0.138 e. The molecule has 6 heteroatoms. The number of rotatable bonds is 4. The van der Waals surface area contributed by atoms with E-state index < -0.39 is 11.6 Å². The molecule has 124 valence electrons. The van der Waals surface area contributed by atoms with Crippen LogP contribution in [-0.4, -0.2) is 30.5 Å². The summed E-state index contributed by atoms with van der Waals surface area (Å²) in [6.45, 7) is 1.65. The second-order valence-electron chi connectivity index (χ2n) is 5.71. The molecule has 1 aliphatic rings. The van der Waals surface area contributed by atoms with Gasteiger partial charge in [0.25, 0.3) is 0 Å². The van der Waals surface area contributed by atoms with Gasteiger partial charge < -0.3 is 5.32 Å². The van der Waals surface area contributed by atoms with Gasteiger partial charge in [-0.05, 0) is 55.2 Å². The summed E-state index contributed by atoms with van der Waals surface area (Å²) < 4.78 is 30.9. The summed E-state index contributed by atoms with van der Waals surface area (Å²) in [7, 11) is 1.91. The lowest BCUT2D eigenvalue weighted by Gasteiger charge is -2.16. The van der Waals surface area contributed by atoms with E-state index in [-0.39, 0.29) is 5.56 Å². The predicted molar refractivity (Wildman–Crippen MR) is 91.4 cm³/mol. The Labute approximate surface area is 144 Å². The summed E-state index contributed by atoms with van der Waals surface area (Å²) in [5, 5.41) is 12.0. The van der Waals surface area contributed by atoms with Crippen LogP contribution in [0.1, 0.15) is 12.0 Å². The zero-order valence-corrected chi connectivity index (χ0v) is 14.0. The fourth-order valence-corrected chi connectivity index (χ4v) is 3.76. The summed E-state index contributed by atoms with van der Waals surface area (Å²) in [6.07, 6.45) is 0.997. The molecule has 1 fully saturated rings. The molecule has 3 rings (SSSR count). The van der Waals surface area contributed by atoms with Gasteiger partial charge in [0.15, 0.2) is 0 Å². The van der Waals surface area contributed by atoms with E-state index in [0.29, 0.717) is 22.1 Å². The zero-order chi connectivity index (χ0) is 17.1. The standard InChI is InChI=1S/C18H17F2N3S/c1-22-14-6-7-23(11-14)24-18-9-16(19)15(8-17(18)20)13-4-2-12(10-21)3-5-13/h2-5,8-9,14,22H,6-7,11H2,1H3. The highest BCUT2D eigenvalue weighted by Crippen LogP contribution is 2.33. The van der Waals surface area contributed by atoms with Crippen LogP contribution in [0, 0.1) is 23.0 Å². The highest BCUT2D eigenvalue weighted by atomic mass is 32.2. The number of hydrogen-bond donors (Lipinski definition) is 1. The Morgan fingerprint density at radius 3 is 2.58 bits per heavy atom. The van der Waals surface area contributed by atoms with Gasteiger partial charge in [0.1, 0.15) is 11.6 Å². The molecule has 0 spiro atoms. The van der Waals surface area contributed by atoms with Crippen LogP contribution in [-0.2, 0) is 0 Å². The van der Waals surface area contributed by atoms with Crippen molar-refractivity contribution in [2.45, 2.75) is 17.4 Å². The molecule has 1 atom stereocenters. The van der Waals surface area contributed by atoms with Gasteiger partial charge in [-0.25, -0.2) is 13.1 Å². The van der Waals surface area contributed by atoms with E-state index in [1.54, 1.807) is 24.3 Å². The Kier molecular flexibility index (Phi) is 5.14. The Bertz CT molecular complexity index is 771. The van der Waals surface area contributed by atoms with Gasteiger partial charge in [-0.2, -0.15) is 5.26 Å². The third-order valence-electron chi connectivity index (χ3n) is 4.13. The molecule has 2 aromatic carbocycles. The Morgan fingerprint density at radius 1 is 1.21 bits per heavy atom. The molecule has 1 aliphatic heterocycles. The van der Waals surface area contributed by atoms with Gasteiger partial charge in [0, 0.05) is 24.7 Å². The topological polar surface area (TPSA) is 39.1 Å². The van der Waals surface area contributed by atoms with E-state index >= 15 is 0 Å². The highest BCUT2D eigenvalue weighted by molar-refractivity contribution is 7.97. The summed E-state index contributed by atoms with van der Waals surface area (Å²) in [5.74, 6) is -0.901. The van der Waals surface area contributed by atoms with Crippen LogP contribution in [0.2, 0.25) is 0 Å². The minimum atomic E-state index is -0.465. The molecule has 0 aromatic heterocycles.